The molecular formula is C30H28FN3O4. The summed E-state index contributed by atoms with van der Waals surface area (Å²) in [7, 11) is 7.19. The number of fused-ring (bicyclic) bond motifs is 5. The Morgan fingerprint density at radius 1 is 1.00 bits per heavy atom. The maximum atomic E-state index is 13.5. The predicted octanol–water partition coefficient (Wildman–Crippen LogP) is 5.39. The molecule has 8 heteroatoms. The van der Waals surface area contributed by atoms with Crippen LogP contribution in [0.25, 0.3) is 22.2 Å². The number of nitrogens with one attached hydrogen (secondary N) is 1. The molecule has 0 spiro atoms. The zero-order valence-corrected chi connectivity index (χ0v) is 21.7. The molecule has 0 fully saturated rings. The summed E-state index contributed by atoms with van der Waals surface area (Å²) in [6, 6.07) is 15.6. The lowest BCUT2D eigenvalue weighted by Crippen LogP contribution is -2.19. The molecule has 4 aromatic rings. The van der Waals surface area contributed by atoms with Crippen molar-refractivity contribution in [1.29, 1.82) is 0 Å². The van der Waals surface area contributed by atoms with Crippen molar-refractivity contribution in [1.82, 2.24) is 9.88 Å². The number of H-pyrrole nitrogens is 1. The maximum absolute atomic E-state index is 13.5. The number of nitrogens with zero attached hydrogens (tertiary/aromatic N) is 2. The van der Waals surface area contributed by atoms with Crippen LogP contribution in [0.2, 0.25) is 0 Å². The predicted molar refractivity (Wildman–Crippen MR) is 146 cm³/mol. The summed E-state index contributed by atoms with van der Waals surface area (Å²) in [4.78, 5) is 11.5. The smallest absolute Gasteiger partial charge is 0.212 e. The molecule has 38 heavy (non-hydrogen) atoms. The lowest BCUT2D eigenvalue weighted by Gasteiger charge is -2.13. The molecule has 0 saturated carbocycles. The summed E-state index contributed by atoms with van der Waals surface area (Å²) in [6.07, 6.45) is 4.96. The Morgan fingerprint density at radius 3 is 2.37 bits per heavy atom. The van der Waals surface area contributed by atoms with Gasteiger partial charge in [0, 0.05) is 39.7 Å². The standard InChI is InChI=1S/C30H28FN3O4/c1-6-25(18-7-9-19(31)10-8-18)38-33-30-22-17-27(36-5)26(35-4)16-21(22)29-28(30)23-15-20(11-12-24(23)32-29)37-14-13-34(2)3/h1,7-12,15-17,25,32H,13-14H2,2-5H3/b33-30+. The van der Waals surface area contributed by atoms with Crippen LogP contribution in [-0.2, 0) is 4.84 Å². The second kappa shape index (κ2) is 10.5. The fourth-order valence-corrected chi connectivity index (χ4v) is 4.50. The van der Waals surface area contributed by atoms with E-state index in [0.29, 0.717) is 29.4 Å². The van der Waals surface area contributed by atoms with E-state index in [1.165, 1.54) is 12.1 Å². The average Bonchev–Trinajstić information content (AvgIpc) is 3.43. The third-order valence-corrected chi connectivity index (χ3v) is 6.44. The van der Waals surface area contributed by atoms with E-state index in [0.717, 1.165) is 45.6 Å². The van der Waals surface area contributed by atoms with E-state index in [-0.39, 0.29) is 5.82 Å². The summed E-state index contributed by atoms with van der Waals surface area (Å²) in [5.74, 6) is 4.15. The summed E-state index contributed by atoms with van der Waals surface area (Å²) >= 11 is 0. The van der Waals surface area contributed by atoms with Gasteiger partial charge in [-0.05, 0) is 56.6 Å². The van der Waals surface area contributed by atoms with Crippen molar-refractivity contribution >= 4 is 16.6 Å². The van der Waals surface area contributed by atoms with E-state index in [9.17, 15) is 4.39 Å². The number of oxime groups is 1. The average molecular weight is 514 g/mol. The molecule has 0 amide bonds. The molecule has 7 nitrogen and oxygen atoms in total. The number of methoxy groups -OCH3 is 2. The van der Waals surface area contributed by atoms with Gasteiger partial charge in [0.25, 0.3) is 0 Å². The molecule has 0 aliphatic heterocycles. The first-order chi connectivity index (χ1) is 18.4. The summed E-state index contributed by atoms with van der Waals surface area (Å²) in [5.41, 5.74) is 5.58. The molecular weight excluding hydrogens is 485 g/mol. The van der Waals surface area contributed by atoms with Crippen LogP contribution in [0, 0.1) is 18.2 Å². The van der Waals surface area contributed by atoms with Crippen molar-refractivity contribution in [3.05, 3.63) is 77.1 Å². The molecule has 1 aliphatic carbocycles. The van der Waals surface area contributed by atoms with Crippen LogP contribution < -0.4 is 14.2 Å². The Bertz CT molecular complexity index is 1550. The molecule has 1 unspecified atom stereocenters. The highest BCUT2D eigenvalue weighted by Gasteiger charge is 2.32. The van der Waals surface area contributed by atoms with Gasteiger partial charge in [-0.3, -0.25) is 0 Å². The van der Waals surface area contributed by atoms with Crippen LogP contribution in [0.1, 0.15) is 22.8 Å². The number of hydrogen-bond acceptors (Lipinski definition) is 6. The number of likely N-dealkylation sites (N-methyl/N-ethyl adjacent to an activating group) is 1. The van der Waals surface area contributed by atoms with Crippen LogP contribution in [0.4, 0.5) is 4.39 Å². The Hall–Kier alpha value is -4.48. The van der Waals surface area contributed by atoms with Gasteiger partial charge >= 0.3 is 0 Å². The van der Waals surface area contributed by atoms with Crippen molar-refractivity contribution < 1.29 is 23.4 Å². The first-order valence-electron chi connectivity index (χ1n) is 12.1. The monoisotopic (exact) mass is 513 g/mol. The minimum absolute atomic E-state index is 0.353. The van der Waals surface area contributed by atoms with E-state index in [4.69, 9.17) is 25.5 Å². The topological polar surface area (TPSA) is 68.3 Å². The Morgan fingerprint density at radius 2 is 1.71 bits per heavy atom. The van der Waals surface area contributed by atoms with Crippen LogP contribution in [0.15, 0.2) is 59.8 Å². The van der Waals surface area contributed by atoms with Gasteiger partial charge in [0.05, 0.1) is 19.9 Å². The number of benzene rings is 3. The first-order valence-corrected chi connectivity index (χ1v) is 12.1. The molecule has 5 rings (SSSR count). The Labute approximate surface area is 220 Å². The number of hydrogen-bond donors (Lipinski definition) is 1. The normalized spacial score (nSPS) is 13.8. The van der Waals surface area contributed by atoms with E-state index in [2.05, 4.69) is 21.0 Å². The van der Waals surface area contributed by atoms with Crippen LogP contribution in [0.5, 0.6) is 17.2 Å². The molecule has 0 saturated heterocycles. The van der Waals surface area contributed by atoms with Gasteiger partial charge in [0.1, 0.15) is 23.9 Å². The highest BCUT2D eigenvalue weighted by molar-refractivity contribution is 6.30. The summed E-state index contributed by atoms with van der Waals surface area (Å²) in [5, 5.41) is 5.49. The number of aromatic nitrogens is 1. The van der Waals surface area contributed by atoms with E-state index >= 15 is 0 Å². The highest BCUT2D eigenvalue weighted by atomic mass is 19.1. The quantitative estimate of drug-likeness (QED) is 0.212. The van der Waals surface area contributed by atoms with Gasteiger partial charge in [0.15, 0.2) is 11.5 Å². The van der Waals surface area contributed by atoms with Gasteiger partial charge in [0.2, 0.25) is 6.10 Å². The van der Waals surface area contributed by atoms with Gasteiger partial charge < -0.3 is 28.9 Å². The zero-order valence-electron chi connectivity index (χ0n) is 21.7. The molecule has 3 aromatic carbocycles. The summed E-state index contributed by atoms with van der Waals surface area (Å²) < 4.78 is 30.6. The first kappa shape index (κ1) is 25.2. The fourth-order valence-electron chi connectivity index (χ4n) is 4.50. The Kier molecular flexibility index (Phi) is 6.95. The van der Waals surface area contributed by atoms with Gasteiger partial charge in [-0.25, -0.2) is 4.39 Å². The van der Waals surface area contributed by atoms with Crippen LogP contribution in [-0.4, -0.2) is 57.1 Å². The number of aromatic amines is 1. The third kappa shape index (κ3) is 4.64. The molecule has 1 N–H and O–H groups in total. The lowest BCUT2D eigenvalue weighted by molar-refractivity contribution is 0.100. The highest BCUT2D eigenvalue weighted by Crippen LogP contribution is 2.46. The van der Waals surface area contributed by atoms with Crippen molar-refractivity contribution in [3.8, 4) is 40.8 Å². The molecule has 1 aliphatic rings. The van der Waals surface area contributed by atoms with Crippen LogP contribution in [0.3, 0.4) is 0 Å². The zero-order chi connectivity index (χ0) is 26.8. The van der Waals surface area contributed by atoms with Gasteiger partial charge in [-0.15, -0.1) is 6.42 Å². The Balaban J connectivity index is 1.61. The molecule has 1 heterocycles. The SMILES string of the molecule is C#CC(O/N=C1\c2cc(OC)c(OC)cc2-c2[nH]c3ccc(OCCN(C)C)cc3c21)c1ccc(F)cc1. The molecule has 0 bridgehead atoms. The fraction of sp³-hybridized carbons (Fsp3) is 0.233. The second-order valence-corrected chi connectivity index (χ2v) is 9.13. The van der Waals surface area contributed by atoms with Gasteiger partial charge in [-0.2, -0.15) is 0 Å². The number of rotatable bonds is 9. The third-order valence-electron chi connectivity index (χ3n) is 6.44. The van der Waals surface area contributed by atoms with Crippen molar-refractivity contribution in [2.45, 2.75) is 6.10 Å². The van der Waals surface area contributed by atoms with E-state index in [1.54, 1.807) is 26.4 Å². The number of terminal acetylenes is 1. The van der Waals surface area contributed by atoms with E-state index < -0.39 is 6.10 Å². The molecule has 1 atom stereocenters. The number of ether oxygens (including phenoxy) is 3. The lowest BCUT2D eigenvalue weighted by atomic mass is 10.1. The number of halogens is 1. The maximum Gasteiger partial charge on any atom is 0.212 e. The molecule has 0 radical (unpaired) electrons. The van der Waals surface area contributed by atoms with Crippen LogP contribution >= 0.6 is 0 Å². The molecule has 194 valence electrons. The molecule has 1 aromatic heterocycles. The van der Waals surface area contributed by atoms with E-state index in [1.807, 2.05) is 44.4 Å². The van der Waals surface area contributed by atoms with Crippen molar-refractivity contribution in [2.24, 2.45) is 5.16 Å². The largest absolute Gasteiger partial charge is 0.493 e. The second-order valence-electron chi connectivity index (χ2n) is 9.13. The van der Waals surface area contributed by atoms with Gasteiger partial charge in [-0.1, -0.05) is 23.2 Å². The summed E-state index contributed by atoms with van der Waals surface area (Å²) in [6.45, 7) is 1.36. The van der Waals surface area contributed by atoms with Crippen molar-refractivity contribution in [2.75, 3.05) is 41.5 Å². The van der Waals surface area contributed by atoms with Crippen molar-refractivity contribution in [3.63, 3.8) is 0 Å². The minimum Gasteiger partial charge on any atom is -0.493 e. The minimum atomic E-state index is -0.800.